The van der Waals surface area contributed by atoms with Crippen LogP contribution in [0.4, 0.5) is 0 Å². The Hall–Kier alpha value is -1.12. The highest BCUT2D eigenvalue weighted by Crippen LogP contribution is 2.26. The molecular weight excluding hydrogens is 737 g/mol. The minimum atomic E-state index is -1.41. The van der Waals surface area contributed by atoms with E-state index in [0.717, 1.165) is 0 Å². The smallest absolute Gasteiger partial charge is 0.315 e. The lowest BCUT2D eigenvalue weighted by molar-refractivity contribution is -0.174. The predicted octanol–water partition coefficient (Wildman–Crippen LogP) is 2.20. The fourth-order valence-electron chi connectivity index (χ4n) is 3.36. The van der Waals surface area contributed by atoms with Crippen LogP contribution in [0.25, 0.3) is 0 Å². The molecule has 0 atom stereocenters. The molecular formula is C28H46O13S6. The minimum Gasteiger partial charge on any atom is -0.465 e. The standard InChI is InChI=1S/C28H46O13S6/c1-47-12-26(34)41-20-28(18-39-24(32)5-10-45,19-40-25(33)6-11-46)14-35-13-27(15-36-21(29)2-7-42,16-37-22(30)3-8-43)17-38-23(31)4-9-44/h42-46H,2-20H2,1H3. The van der Waals surface area contributed by atoms with E-state index in [4.69, 9.17) is 33.2 Å². The Balaban J connectivity index is 6.45. The van der Waals surface area contributed by atoms with Gasteiger partial charge in [0, 0.05) is 28.8 Å². The Labute approximate surface area is 307 Å². The van der Waals surface area contributed by atoms with Crippen LogP contribution in [-0.2, 0) is 61.9 Å². The third kappa shape index (κ3) is 22.3. The number of hydrogen-bond acceptors (Lipinski definition) is 19. The van der Waals surface area contributed by atoms with E-state index in [0.29, 0.717) is 0 Å². The molecule has 0 aromatic carbocycles. The van der Waals surface area contributed by atoms with Gasteiger partial charge in [0.15, 0.2) is 0 Å². The molecule has 0 aromatic heterocycles. The third-order valence-corrected chi connectivity index (χ3v) is 7.54. The number of thioether (sulfide) groups is 1. The second-order valence-electron chi connectivity index (χ2n) is 10.3. The lowest BCUT2D eigenvalue weighted by atomic mass is 9.90. The summed E-state index contributed by atoms with van der Waals surface area (Å²) in [6, 6.07) is 0. The SMILES string of the molecule is CSCC(=O)OCC(COCC(COC(=O)CCS)(COC(=O)CCS)COC(=O)CCS)(COC(=O)CCS)COC(=O)CCS. The zero-order valence-electron chi connectivity index (χ0n) is 26.4. The van der Waals surface area contributed by atoms with Crippen molar-refractivity contribution in [3.8, 4) is 0 Å². The first kappa shape index (κ1) is 45.9. The van der Waals surface area contributed by atoms with Crippen LogP contribution in [0.3, 0.4) is 0 Å². The van der Waals surface area contributed by atoms with Crippen molar-refractivity contribution in [1.29, 1.82) is 0 Å². The van der Waals surface area contributed by atoms with Gasteiger partial charge in [-0.2, -0.15) is 74.9 Å². The van der Waals surface area contributed by atoms with Gasteiger partial charge in [0.1, 0.15) is 39.6 Å². The Bertz CT molecular complexity index is 785. The van der Waals surface area contributed by atoms with Gasteiger partial charge in [-0.05, 0) is 6.26 Å². The molecule has 0 heterocycles. The molecule has 0 fully saturated rings. The van der Waals surface area contributed by atoms with Crippen LogP contribution in [-0.4, -0.2) is 129 Å². The highest BCUT2D eigenvalue weighted by atomic mass is 32.2. The van der Waals surface area contributed by atoms with Gasteiger partial charge in [-0.1, -0.05) is 0 Å². The van der Waals surface area contributed by atoms with Gasteiger partial charge in [0.2, 0.25) is 0 Å². The molecule has 0 aliphatic carbocycles. The predicted molar refractivity (Wildman–Crippen MR) is 192 cm³/mol. The molecule has 272 valence electrons. The first-order chi connectivity index (χ1) is 22.4. The van der Waals surface area contributed by atoms with E-state index in [1.54, 1.807) is 6.26 Å². The zero-order chi connectivity index (χ0) is 35.6. The molecule has 0 saturated carbocycles. The van der Waals surface area contributed by atoms with Crippen LogP contribution in [0.1, 0.15) is 32.1 Å². The molecule has 0 rings (SSSR count). The summed E-state index contributed by atoms with van der Waals surface area (Å²) in [5.74, 6) is -2.46. The summed E-state index contributed by atoms with van der Waals surface area (Å²) in [5.41, 5.74) is -2.80. The molecule has 0 aliphatic heterocycles. The largest absolute Gasteiger partial charge is 0.465 e. The summed E-state index contributed by atoms with van der Waals surface area (Å²) in [6.45, 7) is -2.94. The maximum absolute atomic E-state index is 12.3. The van der Waals surface area contributed by atoms with Crippen molar-refractivity contribution in [3.05, 3.63) is 0 Å². The van der Waals surface area contributed by atoms with E-state index in [1.165, 1.54) is 11.8 Å². The van der Waals surface area contributed by atoms with Gasteiger partial charge >= 0.3 is 35.8 Å². The van der Waals surface area contributed by atoms with Crippen molar-refractivity contribution in [2.45, 2.75) is 32.1 Å². The van der Waals surface area contributed by atoms with Crippen molar-refractivity contribution < 1.29 is 61.9 Å². The summed E-state index contributed by atoms with van der Waals surface area (Å²) < 4.78 is 38.7. The fraction of sp³-hybridized carbons (Fsp3) is 0.786. The van der Waals surface area contributed by atoms with Gasteiger partial charge in [-0.25, -0.2) is 0 Å². The number of carbonyl (C=O) groups is 6. The topological polar surface area (TPSA) is 167 Å². The number of thiol groups is 5. The van der Waals surface area contributed by atoms with Gasteiger partial charge in [0.05, 0.1) is 61.9 Å². The maximum Gasteiger partial charge on any atom is 0.315 e. The van der Waals surface area contributed by atoms with Crippen molar-refractivity contribution >= 4 is 111 Å². The molecule has 0 aromatic rings. The molecule has 19 heteroatoms. The van der Waals surface area contributed by atoms with E-state index in [9.17, 15) is 28.8 Å². The molecule has 0 N–H and O–H groups in total. The number of hydrogen-bond donors (Lipinski definition) is 5. The molecule has 13 nitrogen and oxygen atoms in total. The van der Waals surface area contributed by atoms with E-state index in [1.807, 2.05) is 0 Å². The molecule has 0 spiro atoms. The van der Waals surface area contributed by atoms with E-state index >= 15 is 0 Å². The first-order valence-electron chi connectivity index (χ1n) is 14.5. The maximum atomic E-state index is 12.3. The summed E-state index contributed by atoms with van der Waals surface area (Å²) in [6.07, 6.45) is 1.64. The van der Waals surface area contributed by atoms with Crippen LogP contribution >= 0.6 is 74.9 Å². The normalized spacial score (nSPS) is 11.4. The van der Waals surface area contributed by atoms with Gasteiger partial charge in [0.25, 0.3) is 0 Å². The average Bonchev–Trinajstić information content (AvgIpc) is 3.03. The third-order valence-electron chi connectivity index (χ3n) is 5.89. The molecule has 47 heavy (non-hydrogen) atoms. The second-order valence-corrected chi connectivity index (χ2v) is 13.4. The van der Waals surface area contributed by atoms with Crippen molar-refractivity contribution in [3.63, 3.8) is 0 Å². The highest BCUT2D eigenvalue weighted by molar-refractivity contribution is 7.99. The first-order valence-corrected chi connectivity index (χ1v) is 19.0. The average molecular weight is 783 g/mol. The van der Waals surface area contributed by atoms with Crippen molar-refractivity contribution in [2.75, 3.05) is 93.6 Å². The van der Waals surface area contributed by atoms with Gasteiger partial charge < -0.3 is 33.2 Å². The molecule has 0 amide bonds. The Morgan fingerprint density at radius 1 is 0.426 bits per heavy atom. The number of esters is 6. The summed E-state index contributed by atoms with van der Waals surface area (Å²) in [7, 11) is 0. The van der Waals surface area contributed by atoms with Crippen molar-refractivity contribution in [2.24, 2.45) is 10.8 Å². The lowest BCUT2D eigenvalue weighted by Gasteiger charge is -2.35. The van der Waals surface area contributed by atoms with Crippen LogP contribution in [0.5, 0.6) is 0 Å². The Kier molecular flexibility index (Phi) is 27.0. The molecule has 0 aliphatic rings. The minimum absolute atomic E-state index is 0.0121. The second kappa shape index (κ2) is 27.7. The summed E-state index contributed by atoms with van der Waals surface area (Å²) in [4.78, 5) is 73.9. The van der Waals surface area contributed by atoms with E-state index in [2.05, 4.69) is 63.1 Å². The fourth-order valence-corrected chi connectivity index (χ4v) is 4.59. The van der Waals surface area contributed by atoms with Crippen LogP contribution in [0.15, 0.2) is 0 Å². The monoisotopic (exact) mass is 782 g/mol. The Morgan fingerprint density at radius 3 is 0.872 bits per heavy atom. The molecule has 0 bridgehead atoms. The quantitative estimate of drug-likeness (QED) is 0.0446. The number of rotatable bonds is 28. The Morgan fingerprint density at radius 2 is 0.660 bits per heavy atom. The van der Waals surface area contributed by atoms with Crippen LogP contribution in [0, 0.1) is 10.8 Å². The van der Waals surface area contributed by atoms with Gasteiger partial charge in [-0.3, -0.25) is 28.8 Å². The van der Waals surface area contributed by atoms with E-state index < -0.39 is 46.6 Å². The lowest BCUT2D eigenvalue weighted by Crippen LogP contribution is -2.47. The zero-order valence-corrected chi connectivity index (χ0v) is 31.7. The molecule has 0 unspecified atom stereocenters. The van der Waals surface area contributed by atoms with Crippen molar-refractivity contribution in [1.82, 2.24) is 0 Å². The van der Waals surface area contributed by atoms with Crippen LogP contribution in [0.2, 0.25) is 0 Å². The highest BCUT2D eigenvalue weighted by Gasteiger charge is 2.40. The molecule has 0 saturated heterocycles. The number of carbonyl (C=O) groups excluding carboxylic acids is 6. The van der Waals surface area contributed by atoms with Gasteiger partial charge in [-0.15, -0.1) is 0 Å². The summed E-state index contributed by atoms with van der Waals surface area (Å²) >= 11 is 21.5. The summed E-state index contributed by atoms with van der Waals surface area (Å²) in [5, 5.41) is 0. The van der Waals surface area contributed by atoms with Crippen LogP contribution < -0.4 is 0 Å². The molecule has 0 radical (unpaired) electrons. The number of ether oxygens (including phenoxy) is 7. The van der Waals surface area contributed by atoms with E-state index in [-0.39, 0.29) is 119 Å².